The molecule has 0 fully saturated rings. The summed E-state index contributed by atoms with van der Waals surface area (Å²) in [4.78, 5) is 26.6. The Morgan fingerprint density at radius 1 is 1.15 bits per heavy atom. The van der Waals surface area contributed by atoms with Crippen LogP contribution >= 0.6 is 0 Å². The van der Waals surface area contributed by atoms with E-state index < -0.39 is 17.6 Å². The number of alkyl halides is 3. The first-order chi connectivity index (χ1) is 16.2. The number of fused-ring (bicyclic) bond motifs is 1. The number of likely N-dealkylation sites (N-methyl/N-ethyl adjacent to an activating group) is 1. The average Bonchev–Trinajstić information content (AvgIpc) is 3.37. The van der Waals surface area contributed by atoms with Gasteiger partial charge in [0.25, 0.3) is 5.91 Å². The van der Waals surface area contributed by atoms with Gasteiger partial charge in [-0.25, -0.2) is 0 Å². The topological polar surface area (TPSA) is 74.6 Å². The van der Waals surface area contributed by atoms with Gasteiger partial charge in [0, 0.05) is 18.4 Å². The summed E-state index contributed by atoms with van der Waals surface area (Å²) in [5.41, 5.74) is 1.23. The molecule has 2 amide bonds. The normalized spacial score (nSPS) is 15.4. The molecule has 0 saturated carbocycles. The lowest BCUT2D eigenvalue weighted by Gasteiger charge is -2.33. The highest BCUT2D eigenvalue weighted by molar-refractivity contribution is 6.04. The molecular formula is C25H24F3N3O3. The van der Waals surface area contributed by atoms with Gasteiger partial charge < -0.3 is 20.0 Å². The number of benzene rings is 2. The maximum atomic E-state index is 13.7. The number of carbonyl (C=O) groups excluding carboxylic acids is 2. The summed E-state index contributed by atoms with van der Waals surface area (Å²) in [6, 6.07) is 12.6. The lowest BCUT2D eigenvalue weighted by Crippen LogP contribution is -2.37. The largest absolute Gasteiger partial charge is 0.472 e. The predicted octanol–water partition coefficient (Wildman–Crippen LogP) is 5.50. The number of anilines is 2. The van der Waals surface area contributed by atoms with Crippen LogP contribution in [0.5, 0.6) is 0 Å². The number of rotatable bonds is 6. The van der Waals surface area contributed by atoms with Crippen molar-refractivity contribution >= 4 is 23.2 Å². The monoisotopic (exact) mass is 471 g/mol. The van der Waals surface area contributed by atoms with Crippen LogP contribution in [0.3, 0.4) is 0 Å². The van der Waals surface area contributed by atoms with Crippen molar-refractivity contribution in [3.05, 3.63) is 83.3 Å². The van der Waals surface area contributed by atoms with Crippen molar-refractivity contribution in [2.24, 2.45) is 0 Å². The molecule has 4 rings (SSSR count). The molecule has 1 aliphatic carbocycles. The van der Waals surface area contributed by atoms with Crippen LogP contribution in [0.2, 0.25) is 0 Å². The highest BCUT2D eigenvalue weighted by atomic mass is 19.4. The standard InChI is InChI=1S/C25H24F3N3O3/c1-31(22-8-4-6-16-5-2-3-7-19(16)22)23(32)14-29-21-10-9-18(13-20(21)25(26,27)28)30-24(33)17-11-12-34-15-17/h2-3,5,7,9-13,15,22,29H,4,6,8,14H2,1H3,(H,30,33). The number of halogens is 3. The molecular weight excluding hydrogens is 447 g/mol. The van der Waals surface area contributed by atoms with Crippen LogP contribution in [0.15, 0.2) is 65.5 Å². The minimum absolute atomic E-state index is 0.0219. The van der Waals surface area contributed by atoms with Crippen LogP contribution in [-0.4, -0.2) is 30.3 Å². The zero-order chi connectivity index (χ0) is 24.3. The molecule has 178 valence electrons. The molecule has 1 aromatic heterocycles. The van der Waals surface area contributed by atoms with Crippen LogP contribution in [0, 0.1) is 0 Å². The number of aryl methyl sites for hydroxylation is 1. The molecule has 6 nitrogen and oxygen atoms in total. The molecule has 2 aromatic carbocycles. The van der Waals surface area contributed by atoms with Gasteiger partial charge >= 0.3 is 6.18 Å². The summed E-state index contributed by atoms with van der Waals surface area (Å²) in [7, 11) is 1.68. The molecule has 0 spiro atoms. The summed E-state index contributed by atoms with van der Waals surface area (Å²) in [5.74, 6) is -0.903. The van der Waals surface area contributed by atoms with Gasteiger partial charge in [0.15, 0.2) is 0 Å². The maximum absolute atomic E-state index is 13.7. The number of nitrogens with one attached hydrogen (secondary N) is 2. The number of hydrogen-bond acceptors (Lipinski definition) is 4. The number of furan rings is 1. The van der Waals surface area contributed by atoms with Crippen molar-refractivity contribution < 1.29 is 27.2 Å². The number of amides is 2. The number of hydrogen-bond donors (Lipinski definition) is 2. The van der Waals surface area contributed by atoms with Gasteiger partial charge in [-0.3, -0.25) is 9.59 Å². The van der Waals surface area contributed by atoms with Crippen molar-refractivity contribution in [1.29, 1.82) is 0 Å². The van der Waals surface area contributed by atoms with Crippen molar-refractivity contribution in [2.75, 3.05) is 24.2 Å². The van der Waals surface area contributed by atoms with Gasteiger partial charge in [-0.2, -0.15) is 13.2 Å². The zero-order valence-electron chi connectivity index (χ0n) is 18.5. The lowest BCUT2D eigenvalue weighted by molar-refractivity contribution is -0.137. The molecule has 1 heterocycles. The van der Waals surface area contributed by atoms with E-state index in [0.29, 0.717) is 0 Å². The quantitative estimate of drug-likeness (QED) is 0.498. The second-order valence-corrected chi connectivity index (χ2v) is 8.19. The molecule has 34 heavy (non-hydrogen) atoms. The minimum atomic E-state index is -4.68. The van der Waals surface area contributed by atoms with E-state index in [2.05, 4.69) is 10.6 Å². The van der Waals surface area contributed by atoms with Gasteiger partial charge in [-0.15, -0.1) is 0 Å². The van der Waals surface area contributed by atoms with E-state index in [-0.39, 0.29) is 35.4 Å². The van der Waals surface area contributed by atoms with Crippen LogP contribution in [0.25, 0.3) is 0 Å². The average molecular weight is 471 g/mol. The fourth-order valence-electron chi connectivity index (χ4n) is 4.21. The van der Waals surface area contributed by atoms with Gasteiger partial charge in [-0.1, -0.05) is 24.3 Å². The zero-order valence-corrected chi connectivity index (χ0v) is 18.5. The summed E-state index contributed by atoms with van der Waals surface area (Å²) in [5, 5.41) is 5.05. The maximum Gasteiger partial charge on any atom is 0.418 e. The summed E-state index contributed by atoms with van der Waals surface area (Å²) in [6.45, 7) is -0.293. The second-order valence-electron chi connectivity index (χ2n) is 8.19. The Kier molecular flexibility index (Phi) is 6.63. The van der Waals surface area contributed by atoms with Gasteiger partial charge in [0.1, 0.15) is 6.26 Å². The Morgan fingerprint density at radius 3 is 2.68 bits per heavy atom. The fourth-order valence-corrected chi connectivity index (χ4v) is 4.21. The number of carbonyl (C=O) groups is 2. The van der Waals surface area contributed by atoms with Crippen LogP contribution in [0.1, 0.15) is 45.9 Å². The van der Waals surface area contributed by atoms with E-state index >= 15 is 0 Å². The SMILES string of the molecule is CN(C(=O)CNc1ccc(NC(=O)c2ccoc2)cc1C(F)(F)F)C1CCCc2ccccc21. The molecule has 0 saturated heterocycles. The van der Waals surface area contributed by atoms with Gasteiger partial charge in [0.05, 0.1) is 30.0 Å². The van der Waals surface area contributed by atoms with Crippen LogP contribution in [0.4, 0.5) is 24.5 Å². The van der Waals surface area contributed by atoms with Crippen molar-refractivity contribution in [3.63, 3.8) is 0 Å². The Balaban J connectivity index is 1.47. The van der Waals surface area contributed by atoms with Crippen LogP contribution < -0.4 is 10.6 Å². The molecule has 1 unspecified atom stereocenters. The molecule has 0 radical (unpaired) electrons. The highest BCUT2D eigenvalue weighted by Crippen LogP contribution is 2.37. The minimum Gasteiger partial charge on any atom is -0.472 e. The lowest BCUT2D eigenvalue weighted by atomic mass is 9.87. The highest BCUT2D eigenvalue weighted by Gasteiger charge is 2.34. The van der Waals surface area contributed by atoms with Crippen LogP contribution in [-0.2, 0) is 17.4 Å². The predicted molar refractivity (Wildman–Crippen MR) is 121 cm³/mol. The van der Waals surface area contributed by atoms with Gasteiger partial charge in [-0.05, 0) is 54.7 Å². The van der Waals surface area contributed by atoms with E-state index in [1.807, 2.05) is 24.3 Å². The Hall–Kier alpha value is -3.75. The summed E-state index contributed by atoms with van der Waals surface area (Å²) >= 11 is 0. The molecule has 0 bridgehead atoms. The Labute approximate surface area is 194 Å². The fraction of sp³-hybridized carbons (Fsp3) is 0.280. The van der Waals surface area contributed by atoms with Crippen molar-refractivity contribution in [1.82, 2.24) is 4.90 Å². The Bertz CT molecular complexity index is 1180. The smallest absolute Gasteiger partial charge is 0.418 e. The third kappa shape index (κ3) is 5.08. The van der Waals surface area contributed by atoms with E-state index in [0.717, 1.165) is 30.9 Å². The van der Waals surface area contributed by atoms with E-state index in [1.165, 1.54) is 36.3 Å². The summed E-state index contributed by atoms with van der Waals surface area (Å²) < 4.78 is 46.0. The first kappa shape index (κ1) is 23.4. The number of nitrogens with zero attached hydrogens (tertiary/aromatic N) is 1. The first-order valence-corrected chi connectivity index (χ1v) is 10.9. The van der Waals surface area contributed by atoms with Gasteiger partial charge in [0.2, 0.25) is 5.91 Å². The first-order valence-electron chi connectivity index (χ1n) is 10.9. The van der Waals surface area contributed by atoms with E-state index in [4.69, 9.17) is 4.42 Å². The molecule has 2 N–H and O–H groups in total. The Morgan fingerprint density at radius 2 is 1.94 bits per heavy atom. The molecule has 9 heteroatoms. The van der Waals surface area contributed by atoms with E-state index in [1.54, 1.807) is 11.9 Å². The molecule has 1 aliphatic rings. The second kappa shape index (κ2) is 9.62. The summed E-state index contributed by atoms with van der Waals surface area (Å²) in [6.07, 6.45) is 0.502. The third-order valence-electron chi connectivity index (χ3n) is 5.99. The molecule has 3 aromatic rings. The third-order valence-corrected chi connectivity index (χ3v) is 5.99. The molecule has 1 atom stereocenters. The molecule has 0 aliphatic heterocycles. The van der Waals surface area contributed by atoms with Crippen molar-refractivity contribution in [2.45, 2.75) is 31.5 Å². The van der Waals surface area contributed by atoms with Crippen molar-refractivity contribution in [3.8, 4) is 0 Å². The van der Waals surface area contributed by atoms with E-state index in [9.17, 15) is 22.8 Å².